The molecule has 1 unspecified atom stereocenters. The number of benzene rings is 1. The standard InChI is InChI=1S/C16H21N5O4S/c1-4-20-12-6-5-11(26(23,24)19-16(3)7-8-16)9-13(12)21(15(20)22)14-18-17-10(2)25-14/h5-6,9,15,19,22H,4,7-8H2,1-3H3. The average molecular weight is 379 g/mol. The molecular weight excluding hydrogens is 358 g/mol. The number of aromatic nitrogens is 2. The fraction of sp³-hybridized carbons (Fsp3) is 0.500. The molecule has 26 heavy (non-hydrogen) atoms. The van der Waals surface area contributed by atoms with Gasteiger partial charge in [-0.2, -0.15) is 0 Å². The first-order chi connectivity index (χ1) is 12.2. The molecule has 1 aliphatic heterocycles. The lowest BCUT2D eigenvalue weighted by molar-refractivity contribution is 0.179. The quantitative estimate of drug-likeness (QED) is 0.803. The van der Waals surface area contributed by atoms with Gasteiger partial charge in [-0.25, -0.2) is 18.0 Å². The van der Waals surface area contributed by atoms with Gasteiger partial charge in [-0.15, -0.1) is 5.10 Å². The third-order valence-electron chi connectivity index (χ3n) is 4.78. The lowest BCUT2D eigenvalue weighted by Gasteiger charge is -2.24. The van der Waals surface area contributed by atoms with Crippen LogP contribution in [-0.4, -0.2) is 42.2 Å². The van der Waals surface area contributed by atoms with E-state index in [1.165, 1.54) is 11.0 Å². The van der Waals surface area contributed by atoms with Gasteiger partial charge in [-0.05, 0) is 44.9 Å². The third-order valence-corrected chi connectivity index (χ3v) is 6.41. The van der Waals surface area contributed by atoms with Gasteiger partial charge in [0.2, 0.25) is 22.3 Å². The van der Waals surface area contributed by atoms with Gasteiger partial charge in [0.05, 0.1) is 16.3 Å². The first-order valence-electron chi connectivity index (χ1n) is 8.46. The number of fused-ring (bicyclic) bond motifs is 1. The van der Waals surface area contributed by atoms with Crippen LogP contribution in [0.2, 0.25) is 0 Å². The summed E-state index contributed by atoms with van der Waals surface area (Å²) in [5.74, 6) is 0.357. The monoisotopic (exact) mass is 379 g/mol. The van der Waals surface area contributed by atoms with Gasteiger partial charge < -0.3 is 14.4 Å². The van der Waals surface area contributed by atoms with Crippen LogP contribution in [0, 0.1) is 6.92 Å². The van der Waals surface area contributed by atoms with Crippen molar-refractivity contribution >= 4 is 27.4 Å². The molecular formula is C16H21N5O4S. The van der Waals surface area contributed by atoms with E-state index in [0.717, 1.165) is 12.8 Å². The number of nitrogens with one attached hydrogen (secondary N) is 1. The van der Waals surface area contributed by atoms with E-state index in [2.05, 4.69) is 14.9 Å². The lowest BCUT2D eigenvalue weighted by Crippen LogP contribution is -2.40. The van der Waals surface area contributed by atoms with E-state index in [9.17, 15) is 13.5 Å². The molecule has 140 valence electrons. The van der Waals surface area contributed by atoms with E-state index >= 15 is 0 Å². The van der Waals surface area contributed by atoms with E-state index in [0.29, 0.717) is 23.8 Å². The maximum absolute atomic E-state index is 12.7. The molecule has 9 nitrogen and oxygen atoms in total. The lowest BCUT2D eigenvalue weighted by atomic mass is 10.2. The van der Waals surface area contributed by atoms with Gasteiger partial charge in [0.1, 0.15) is 0 Å². The normalized spacial score (nSPS) is 21.2. The highest BCUT2D eigenvalue weighted by Crippen LogP contribution is 2.44. The summed E-state index contributed by atoms with van der Waals surface area (Å²) >= 11 is 0. The van der Waals surface area contributed by atoms with Gasteiger partial charge in [-0.3, -0.25) is 0 Å². The van der Waals surface area contributed by atoms with Gasteiger partial charge in [0.25, 0.3) is 0 Å². The summed E-state index contributed by atoms with van der Waals surface area (Å²) in [6.07, 6.45) is 0.599. The Kier molecular flexibility index (Phi) is 3.76. The highest BCUT2D eigenvalue weighted by Gasteiger charge is 2.42. The first-order valence-corrected chi connectivity index (χ1v) is 9.94. The fourth-order valence-electron chi connectivity index (χ4n) is 3.09. The Morgan fingerprint density at radius 2 is 2.08 bits per heavy atom. The van der Waals surface area contributed by atoms with Crippen molar-refractivity contribution in [2.24, 2.45) is 0 Å². The summed E-state index contributed by atoms with van der Waals surface area (Å²) in [6, 6.07) is 4.88. The second-order valence-electron chi connectivity index (χ2n) is 6.92. The number of aliphatic hydroxyl groups excluding tert-OH is 1. The van der Waals surface area contributed by atoms with Crippen molar-refractivity contribution in [1.29, 1.82) is 0 Å². The van der Waals surface area contributed by atoms with Crippen molar-refractivity contribution in [3.8, 4) is 0 Å². The smallest absolute Gasteiger partial charge is 0.326 e. The molecule has 2 aliphatic rings. The topological polar surface area (TPSA) is 112 Å². The Morgan fingerprint density at radius 1 is 1.35 bits per heavy atom. The van der Waals surface area contributed by atoms with Crippen LogP contribution in [0.1, 0.15) is 32.6 Å². The Labute approximate surface area is 151 Å². The van der Waals surface area contributed by atoms with E-state index in [-0.39, 0.29) is 16.4 Å². The molecule has 1 saturated carbocycles. The van der Waals surface area contributed by atoms with Crippen LogP contribution in [0.4, 0.5) is 17.4 Å². The SMILES string of the molecule is CCN1c2ccc(S(=O)(=O)NC3(C)CC3)cc2N(c2nnc(C)o2)C1O. The summed E-state index contributed by atoms with van der Waals surface area (Å²) in [6.45, 7) is 5.96. The summed E-state index contributed by atoms with van der Waals surface area (Å²) in [5.41, 5.74) is 0.843. The molecule has 1 atom stereocenters. The second kappa shape index (κ2) is 5.66. The van der Waals surface area contributed by atoms with Gasteiger partial charge in [0, 0.05) is 19.0 Å². The van der Waals surface area contributed by atoms with E-state index in [1.807, 2.05) is 13.8 Å². The second-order valence-corrected chi connectivity index (χ2v) is 8.61. The maximum atomic E-state index is 12.7. The Bertz CT molecular complexity index is 953. The maximum Gasteiger partial charge on any atom is 0.326 e. The van der Waals surface area contributed by atoms with Crippen LogP contribution < -0.4 is 14.5 Å². The summed E-state index contributed by atoms with van der Waals surface area (Å²) in [7, 11) is -3.66. The highest BCUT2D eigenvalue weighted by molar-refractivity contribution is 7.89. The Morgan fingerprint density at radius 3 is 2.65 bits per heavy atom. The van der Waals surface area contributed by atoms with Crippen molar-refractivity contribution in [3.63, 3.8) is 0 Å². The number of hydrogen-bond acceptors (Lipinski definition) is 8. The Hall–Kier alpha value is -2.17. The minimum Gasteiger partial charge on any atom is -0.408 e. The largest absolute Gasteiger partial charge is 0.408 e. The van der Waals surface area contributed by atoms with Crippen LogP contribution in [-0.2, 0) is 10.0 Å². The van der Waals surface area contributed by atoms with Crippen LogP contribution in [0.25, 0.3) is 0 Å². The number of sulfonamides is 1. The minimum atomic E-state index is -3.66. The molecule has 1 aliphatic carbocycles. The van der Waals surface area contributed by atoms with E-state index in [1.54, 1.807) is 24.0 Å². The minimum absolute atomic E-state index is 0.115. The number of aliphatic hydroxyl groups is 1. The molecule has 0 bridgehead atoms. The summed E-state index contributed by atoms with van der Waals surface area (Å²) < 4.78 is 33.6. The molecule has 1 aromatic carbocycles. The van der Waals surface area contributed by atoms with E-state index in [4.69, 9.17) is 4.42 Å². The van der Waals surface area contributed by atoms with Crippen molar-refractivity contribution in [3.05, 3.63) is 24.1 Å². The zero-order valence-corrected chi connectivity index (χ0v) is 15.6. The number of hydrogen-bond donors (Lipinski definition) is 2. The van der Waals surface area contributed by atoms with Crippen molar-refractivity contribution in [2.45, 2.75) is 50.4 Å². The molecule has 2 heterocycles. The van der Waals surface area contributed by atoms with Crippen LogP contribution in [0.5, 0.6) is 0 Å². The van der Waals surface area contributed by atoms with Crippen molar-refractivity contribution in [2.75, 3.05) is 16.3 Å². The molecule has 4 rings (SSSR count). The van der Waals surface area contributed by atoms with Crippen LogP contribution in [0.3, 0.4) is 0 Å². The molecule has 0 radical (unpaired) electrons. The van der Waals surface area contributed by atoms with Crippen LogP contribution in [0.15, 0.2) is 27.5 Å². The van der Waals surface area contributed by atoms with E-state index < -0.39 is 16.4 Å². The summed E-state index contributed by atoms with van der Waals surface area (Å²) in [4.78, 5) is 3.30. The van der Waals surface area contributed by atoms with Crippen molar-refractivity contribution in [1.82, 2.24) is 14.9 Å². The van der Waals surface area contributed by atoms with Gasteiger partial charge >= 0.3 is 6.01 Å². The first kappa shape index (κ1) is 17.3. The van der Waals surface area contributed by atoms with Crippen LogP contribution >= 0.6 is 0 Å². The van der Waals surface area contributed by atoms with Gasteiger partial charge in [-0.1, -0.05) is 5.10 Å². The molecule has 0 spiro atoms. The molecule has 0 amide bonds. The predicted octanol–water partition coefficient (Wildman–Crippen LogP) is 1.46. The molecule has 10 heteroatoms. The Balaban J connectivity index is 1.78. The zero-order valence-electron chi connectivity index (χ0n) is 14.8. The average Bonchev–Trinajstić information content (AvgIpc) is 3.01. The predicted molar refractivity (Wildman–Crippen MR) is 94.6 cm³/mol. The van der Waals surface area contributed by atoms with Crippen molar-refractivity contribution < 1.29 is 17.9 Å². The number of anilines is 3. The fourth-order valence-corrected chi connectivity index (χ4v) is 4.57. The highest BCUT2D eigenvalue weighted by atomic mass is 32.2. The molecule has 1 aromatic heterocycles. The number of aryl methyl sites for hydroxylation is 1. The zero-order chi connectivity index (χ0) is 18.7. The number of nitrogens with zero attached hydrogens (tertiary/aromatic N) is 4. The molecule has 1 fully saturated rings. The third kappa shape index (κ3) is 2.74. The number of rotatable bonds is 5. The molecule has 2 aromatic rings. The molecule has 0 saturated heterocycles. The molecule has 2 N–H and O–H groups in total. The summed E-state index contributed by atoms with van der Waals surface area (Å²) in [5, 5.41) is 18.4. The van der Waals surface area contributed by atoms with Gasteiger partial charge in [0.15, 0.2) is 0 Å².